The van der Waals surface area contributed by atoms with E-state index in [0.29, 0.717) is 11.6 Å². The maximum atomic E-state index is 12.2. The lowest BCUT2D eigenvalue weighted by atomic mass is 9.87. The van der Waals surface area contributed by atoms with Gasteiger partial charge in [0.15, 0.2) is 6.23 Å². The number of urea groups is 1. The maximum absolute atomic E-state index is 12.2. The summed E-state index contributed by atoms with van der Waals surface area (Å²) in [5.74, 6) is 0. The molecule has 2 amide bonds. The highest BCUT2D eigenvalue weighted by atomic mass is 35.5. The van der Waals surface area contributed by atoms with Crippen LogP contribution < -0.4 is 10.6 Å². The monoisotopic (exact) mass is 295 g/mol. The standard InChI is InChI=1S/C14H18ClN3O2/c15-11-4-2-1-3-10(11)9-18-12(19)14(17-13(18)20)5-7-16-8-6-14/h1-4,12,16,19H,5-9H2,(H,17,20). The summed E-state index contributed by atoms with van der Waals surface area (Å²) >= 11 is 6.13. The van der Waals surface area contributed by atoms with Gasteiger partial charge >= 0.3 is 6.03 Å². The molecule has 0 bridgehead atoms. The van der Waals surface area contributed by atoms with Crippen molar-refractivity contribution in [3.8, 4) is 0 Å². The molecule has 6 heteroatoms. The van der Waals surface area contributed by atoms with E-state index in [-0.39, 0.29) is 6.03 Å². The van der Waals surface area contributed by atoms with Crippen molar-refractivity contribution in [2.24, 2.45) is 0 Å². The molecular formula is C14H18ClN3O2. The number of carbonyl (C=O) groups excluding carboxylic acids is 1. The maximum Gasteiger partial charge on any atom is 0.320 e. The summed E-state index contributed by atoms with van der Waals surface area (Å²) in [6, 6.07) is 7.16. The number of nitrogens with zero attached hydrogens (tertiary/aromatic N) is 1. The predicted octanol–water partition coefficient (Wildman–Crippen LogP) is 1.31. The summed E-state index contributed by atoms with van der Waals surface area (Å²) in [5, 5.41) is 17.4. The highest BCUT2D eigenvalue weighted by Gasteiger charge is 2.50. The van der Waals surface area contributed by atoms with Crippen LogP contribution in [-0.4, -0.2) is 40.9 Å². The van der Waals surface area contributed by atoms with Crippen LogP contribution in [0, 0.1) is 0 Å². The molecule has 20 heavy (non-hydrogen) atoms. The Hall–Kier alpha value is -1.30. The summed E-state index contributed by atoms with van der Waals surface area (Å²) < 4.78 is 0. The molecule has 2 fully saturated rings. The first-order valence-electron chi connectivity index (χ1n) is 6.83. The van der Waals surface area contributed by atoms with E-state index in [9.17, 15) is 9.90 Å². The van der Waals surface area contributed by atoms with Crippen LogP contribution in [0.5, 0.6) is 0 Å². The van der Waals surface area contributed by atoms with Crippen molar-refractivity contribution in [3.05, 3.63) is 34.9 Å². The van der Waals surface area contributed by atoms with Gasteiger partial charge in [-0.05, 0) is 37.6 Å². The summed E-state index contributed by atoms with van der Waals surface area (Å²) in [4.78, 5) is 13.6. The number of rotatable bonds is 2. The van der Waals surface area contributed by atoms with Gasteiger partial charge in [0.05, 0.1) is 12.1 Å². The van der Waals surface area contributed by atoms with Gasteiger partial charge in [0.2, 0.25) is 0 Å². The van der Waals surface area contributed by atoms with Crippen LogP contribution in [0.4, 0.5) is 4.79 Å². The number of carbonyl (C=O) groups is 1. The minimum Gasteiger partial charge on any atom is -0.371 e. The average Bonchev–Trinajstić information content (AvgIpc) is 2.66. The predicted molar refractivity (Wildman–Crippen MR) is 76.4 cm³/mol. The summed E-state index contributed by atoms with van der Waals surface area (Å²) in [6.45, 7) is 1.93. The molecular weight excluding hydrogens is 278 g/mol. The second kappa shape index (κ2) is 5.24. The number of amides is 2. The average molecular weight is 296 g/mol. The van der Waals surface area contributed by atoms with Gasteiger partial charge in [0.25, 0.3) is 0 Å². The number of piperidine rings is 1. The Morgan fingerprint density at radius 3 is 2.75 bits per heavy atom. The van der Waals surface area contributed by atoms with Crippen molar-refractivity contribution in [1.29, 1.82) is 0 Å². The fraction of sp³-hybridized carbons (Fsp3) is 0.500. The van der Waals surface area contributed by atoms with Crippen molar-refractivity contribution in [2.45, 2.75) is 31.2 Å². The van der Waals surface area contributed by atoms with Crippen LogP contribution in [0.25, 0.3) is 0 Å². The van der Waals surface area contributed by atoms with E-state index in [1.54, 1.807) is 6.07 Å². The number of halogens is 1. The van der Waals surface area contributed by atoms with Gasteiger partial charge in [0.1, 0.15) is 0 Å². The van der Waals surface area contributed by atoms with Gasteiger partial charge in [0, 0.05) is 5.02 Å². The van der Waals surface area contributed by atoms with Gasteiger partial charge in [-0.1, -0.05) is 29.8 Å². The molecule has 1 aromatic carbocycles. The molecule has 5 nitrogen and oxygen atoms in total. The number of hydrogen-bond donors (Lipinski definition) is 3. The van der Waals surface area contributed by atoms with Gasteiger partial charge in [-0.2, -0.15) is 0 Å². The molecule has 2 aliphatic rings. The third-order valence-electron chi connectivity index (χ3n) is 4.20. The van der Waals surface area contributed by atoms with E-state index in [1.165, 1.54) is 4.90 Å². The van der Waals surface area contributed by atoms with Crippen LogP contribution in [0.15, 0.2) is 24.3 Å². The number of aliphatic hydroxyl groups is 1. The Balaban J connectivity index is 1.80. The Labute approximate surface area is 122 Å². The molecule has 108 valence electrons. The van der Waals surface area contributed by atoms with Crippen molar-refractivity contribution >= 4 is 17.6 Å². The quantitative estimate of drug-likeness (QED) is 0.771. The number of benzene rings is 1. The van der Waals surface area contributed by atoms with Gasteiger partial charge in [-0.3, -0.25) is 4.90 Å². The van der Waals surface area contributed by atoms with E-state index >= 15 is 0 Å². The molecule has 1 spiro atoms. The second-order valence-corrected chi connectivity index (χ2v) is 5.84. The Kier molecular flexibility index (Phi) is 3.58. The molecule has 0 radical (unpaired) electrons. The molecule has 1 atom stereocenters. The van der Waals surface area contributed by atoms with Gasteiger partial charge in [-0.25, -0.2) is 4.79 Å². The molecule has 3 rings (SSSR count). The van der Waals surface area contributed by atoms with E-state index in [2.05, 4.69) is 10.6 Å². The smallest absolute Gasteiger partial charge is 0.320 e. The van der Waals surface area contributed by atoms with E-state index in [0.717, 1.165) is 31.5 Å². The van der Waals surface area contributed by atoms with Crippen LogP contribution in [-0.2, 0) is 6.54 Å². The minimum atomic E-state index is -0.812. The first-order chi connectivity index (χ1) is 9.62. The summed E-state index contributed by atoms with van der Waals surface area (Å²) in [6.07, 6.45) is 0.658. The van der Waals surface area contributed by atoms with Crippen LogP contribution >= 0.6 is 11.6 Å². The van der Waals surface area contributed by atoms with Crippen LogP contribution in [0.1, 0.15) is 18.4 Å². The number of aliphatic hydroxyl groups excluding tert-OH is 1. The third kappa shape index (κ3) is 2.26. The van der Waals surface area contributed by atoms with E-state index in [1.807, 2.05) is 18.2 Å². The van der Waals surface area contributed by atoms with Crippen molar-refractivity contribution in [2.75, 3.05) is 13.1 Å². The first kappa shape index (κ1) is 13.7. The van der Waals surface area contributed by atoms with Crippen molar-refractivity contribution in [3.63, 3.8) is 0 Å². The highest BCUT2D eigenvalue weighted by Crippen LogP contribution is 2.32. The molecule has 0 saturated carbocycles. The van der Waals surface area contributed by atoms with Crippen LogP contribution in [0.2, 0.25) is 5.02 Å². The molecule has 2 aliphatic heterocycles. The van der Waals surface area contributed by atoms with E-state index < -0.39 is 11.8 Å². The zero-order valence-electron chi connectivity index (χ0n) is 11.1. The molecule has 0 aliphatic carbocycles. The lowest BCUT2D eigenvalue weighted by molar-refractivity contribution is -0.0134. The van der Waals surface area contributed by atoms with Gasteiger partial charge in [-0.15, -0.1) is 0 Å². The molecule has 1 aromatic rings. The normalized spacial score (nSPS) is 25.0. The Morgan fingerprint density at radius 2 is 2.05 bits per heavy atom. The third-order valence-corrected chi connectivity index (χ3v) is 4.57. The molecule has 2 heterocycles. The molecule has 0 aromatic heterocycles. The van der Waals surface area contributed by atoms with Crippen molar-refractivity contribution < 1.29 is 9.90 Å². The SMILES string of the molecule is O=C1NC2(CCNCC2)C(O)N1Cc1ccccc1Cl. The zero-order chi connectivity index (χ0) is 14.2. The lowest BCUT2D eigenvalue weighted by Crippen LogP contribution is -2.56. The zero-order valence-corrected chi connectivity index (χ0v) is 11.9. The summed E-state index contributed by atoms with van der Waals surface area (Å²) in [7, 11) is 0. The summed E-state index contributed by atoms with van der Waals surface area (Å²) in [5.41, 5.74) is 0.318. The Morgan fingerprint density at radius 1 is 1.35 bits per heavy atom. The highest BCUT2D eigenvalue weighted by molar-refractivity contribution is 6.31. The lowest BCUT2D eigenvalue weighted by Gasteiger charge is -2.36. The fourth-order valence-corrected chi connectivity index (χ4v) is 3.18. The van der Waals surface area contributed by atoms with Gasteiger partial charge < -0.3 is 15.7 Å². The van der Waals surface area contributed by atoms with E-state index in [4.69, 9.17) is 11.6 Å². The molecule has 1 unspecified atom stereocenters. The topological polar surface area (TPSA) is 64.6 Å². The fourth-order valence-electron chi connectivity index (χ4n) is 2.98. The van der Waals surface area contributed by atoms with Crippen LogP contribution in [0.3, 0.4) is 0 Å². The molecule has 3 N–H and O–H groups in total. The van der Waals surface area contributed by atoms with Crippen molar-refractivity contribution in [1.82, 2.24) is 15.5 Å². The largest absolute Gasteiger partial charge is 0.371 e. The first-order valence-corrected chi connectivity index (χ1v) is 7.21. The number of nitrogens with one attached hydrogen (secondary N) is 2. The molecule has 2 saturated heterocycles. The minimum absolute atomic E-state index is 0.223. The Bertz CT molecular complexity index is 517. The second-order valence-electron chi connectivity index (χ2n) is 5.43. The number of hydrogen-bond acceptors (Lipinski definition) is 3.